The molecule has 0 saturated heterocycles. The molecule has 0 N–H and O–H groups in total. The molecule has 0 radical (unpaired) electrons. The molecule has 4 aromatic rings. The second kappa shape index (κ2) is 7.07. The number of rotatable bonds is 6. The molecular weight excluding hydrogens is 378 g/mol. The zero-order chi connectivity index (χ0) is 19.0. The van der Waals surface area contributed by atoms with Crippen LogP contribution < -0.4 is 0 Å². The third-order valence-corrected chi connectivity index (χ3v) is 6.36. The van der Waals surface area contributed by atoms with E-state index in [-0.39, 0.29) is 0 Å². The van der Waals surface area contributed by atoms with Crippen molar-refractivity contribution in [2.45, 2.75) is 32.4 Å². The minimum atomic E-state index is -1.13. The summed E-state index contributed by atoms with van der Waals surface area (Å²) in [5.74, 6) is 0. The van der Waals surface area contributed by atoms with Gasteiger partial charge in [0, 0.05) is 44.2 Å². The number of nitrogens with zero attached hydrogens (tertiary/aromatic N) is 5. The number of pyridine rings is 2. The first-order valence-corrected chi connectivity index (χ1v) is 13.0. The Morgan fingerprint density at radius 3 is 2.81 bits per heavy atom. The van der Waals surface area contributed by atoms with E-state index in [2.05, 4.69) is 29.6 Å². The summed E-state index contributed by atoms with van der Waals surface area (Å²) in [6, 6.07) is 8.92. The highest BCUT2D eigenvalue weighted by Crippen LogP contribution is 2.28. The summed E-state index contributed by atoms with van der Waals surface area (Å²) in [6.45, 7) is 8.10. The molecule has 0 atom stereocenters. The van der Waals surface area contributed by atoms with Crippen LogP contribution in [0.2, 0.25) is 30.8 Å². The molecule has 4 heterocycles. The molecule has 0 unspecified atom stereocenters. The Bertz CT molecular complexity index is 1100. The van der Waals surface area contributed by atoms with E-state index in [4.69, 9.17) is 21.4 Å². The summed E-state index contributed by atoms with van der Waals surface area (Å²) in [5, 5.41) is 6.16. The summed E-state index contributed by atoms with van der Waals surface area (Å²) in [6.07, 6.45) is 5.68. The molecule has 0 amide bonds. The van der Waals surface area contributed by atoms with E-state index in [0.717, 1.165) is 40.6 Å². The van der Waals surface area contributed by atoms with E-state index >= 15 is 0 Å². The number of hydrogen-bond donors (Lipinski definition) is 0. The molecule has 0 aliphatic carbocycles. The maximum absolute atomic E-state index is 6.13. The maximum Gasteiger partial charge on any atom is 0.162 e. The average molecular weight is 400 g/mol. The van der Waals surface area contributed by atoms with Crippen LogP contribution in [0, 0.1) is 0 Å². The topological polar surface area (TPSA) is 57.2 Å². The molecule has 27 heavy (non-hydrogen) atoms. The Kier molecular flexibility index (Phi) is 4.75. The van der Waals surface area contributed by atoms with Crippen molar-refractivity contribution < 1.29 is 4.74 Å². The van der Waals surface area contributed by atoms with Crippen molar-refractivity contribution in [2.24, 2.45) is 0 Å². The highest BCUT2D eigenvalue weighted by molar-refractivity contribution is 6.76. The van der Waals surface area contributed by atoms with Gasteiger partial charge in [-0.05, 0) is 30.3 Å². The van der Waals surface area contributed by atoms with Gasteiger partial charge in [-0.1, -0.05) is 31.2 Å². The second-order valence-corrected chi connectivity index (χ2v) is 13.8. The van der Waals surface area contributed by atoms with Gasteiger partial charge in [-0.3, -0.25) is 0 Å². The Morgan fingerprint density at radius 1 is 1.15 bits per heavy atom. The van der Waals surface area contributed by atoms with Crippen LogP contribution in [-0.2, 0) is 11.5 Å². The number of halogens is 1. The van der Waals surface area contributed by atoms with Gasteiger partial charge in [0.1, 0.15) is 23.2 Å². The van der Waals surface area contributed by atoms with Crippen molar-refractivity contribution in [3.63, 3.8) is 0 Å². The molecule has 0 aliphatic heterocycles. The lowest BCUT2D eigenvalue weighted by Crippen LogP contribution is -2.22. The molecule has 140 valence electrons. The quantitative estimate of drug-likeness (QED) is 0.267. The van der Waals surface area contributed by atoms with E-state index < -0.39 is 8.07 Å². The molecule has 0 bridgehead atoms. The summed E-state index contributed by atoms with van der Waals surface area (Å²) >= 11 is 6.13. The summed E-state index contributed by atoms with van der Waals surface area (Å²) < 4.78 is 9.64. The van der Waals surface area contributed by atoms with Crippen molar-refractivity contribution in [1.29, 1.82) is 0 Å². The van der Waals surface area contributed by atoms with Crippen LogP contribution in [-0.4, -0.2) is 38.8 Å². The molecule has 6 nitrogen and oxygen atoms in total. The van der Waals surface area contributed by atoms with Crippen molar-refractivity contribution >= 4 is 36.4 Å². The summed E-state index contributed by atoms with van der Waals surface area (Å²) in [4.78, 5) is 8.84. The van der Waals surface area contributed by atoms with Crippen molar-refractivity contribution in [3.05, 3.63) is 48.0 Å². The zero-order valence-electron chi connectivity index (χ0n) is 15.7. The molecule has 0 saturated carbocycles. The fourth-order valence-corrected chi connectivity index (χ4v) is 3.82. The SMILES string of the molecule is C[Si](C)(C)CCOCn1nc(-c2ccn3ccnc3c2)c2ccc(Cl)nc21. The van der Waals surface area contributed by atoms with E-state index in [0.29, 0.717) is 11.9 Å². The predicted octanol–water partition coefficient (Wildman–Crippen LogP) is 4.71. The number of fused-ring (bicyclic) bond motifs is 2. The molecule has 0 aliphatic rings. The lowest BCUT2D eigenvalue weighted by Gasteiger charge is -2.15. The largest absolute Gasteiger partial charge is 0.359 e. The van der Waals surface area contributed by atoms with E-state index in [1.54, 1.807) is 16.9 Å². The molecule has 0 spiro atoms. The van der Waals surface area contributed by atoms with Gasteiger partial charge < -0.3 is 9.14 Å². The van der Waals surface area contributed by atoms with Crippen LogP contribution >= 0.6 is 11.6 Å². The fourth-order valence-electron chi connectivity index (χ4n) is 2.92. The Balaban J connectivity index is 1.68. The van der Waals surface area contributed by atoms with Crippen LogP contribution in [0.5, 0.6) is 0 Å². The molecule has 4 rings (SSSR count). The van der Waals surface area contributed by atoms with Gasteiger partial charge in [-0.2, -0.15) is 5.10 Å². The maximum atomic E-state index is 6.13. The Labute approximate surface area is 163 Å². The number of imidazole rings is 1. The van der Waals surface area contributed by atoms with Gasteiger partial charge in [-0.25, -0.2) is 14.6 Å². The minimum absolute atomic E-state index is 0.361. The smallest absolute Gasteiger partial charge is 0.162 e. The fraction of sp³-hybridized carbons (Fsp3) is 0.316. The number of hydrogen-bond acceptors (Lipinski definition) is 4. The van der Waals surface area contributed by atoms with Gasteiger partial charge in [0.05, 0.1) is 0 Å². The Morgan fingerprint density at radius 2 is 2.00 bits per heavy atom. The van der Waals surface area contributed by atoms with E-state index in [1.165, 1.54) is 0 Å². The van der Waals surface area contributed by atoms with Gasteiger partial charge in [0.25, 0.3) is 0 Å². The molecule has 0 aromatic carbocycles. The van der Waals surface area contributed by atoms with Crippen molar-refractivity contribution in [1.82, 2.24) is 24.1 Å². The van der Waals surface area contributed by atoms with Gasteiger partial charge >= 0.3 is 0 Å². The number of aromatic nitrogens is 5. The Hall–Kier alpha value is -2.22. The van der Waals surface area contributed by atoms with Gasteiger partial charge in [-0.15, -0.1) is 0 Å². The van der Waals surface area contributed by atoms with Crippen LogP contribution in [0.4, 0.5) is 0 Å². The van der Waals surface area contributed by atoms with Crippen molar-refractivity contribution in [2.75, 3.05) is 6.61 Å². The first-order valence-electron chi connectivity index (χ1n) is 8.95. The minimum Gasteiger partial charge on any atom is -0.359 e. The van der Waals surface area contributed by atoms with Crippen LogP contribution in [0.1, 0.15) is 0 Å². The highest BCUT2D eigenvalue weighted by Gasteiger charge is 2.16. The van der Waals surface area contributed by atoms with E-state index in [9.17, 15) is 0 Å². The summed E-state index contributed by atoms with van der Waals surface area (Å²) in [7, 11) is -1.13. The monoisotopic (exact) mass is 399 g/mol. The van der Waals surface area contributed by atoms with Crippen LogP contribution in [0.25, 0.3) is 27.9 Å². The van der Waals surface area contributed by atoms with Crippen molar-refractivity contribution in [3.8, 4) is 11.3 Å². The second-order valence-electron chi connectivity index (χ2n) is 7.81. The molecular formula is C19H22ClN5OSi. The highest BCUT2D eigenvalue weighted by atomic mass is 35.5. The summed E-state index contributed by atoms with van der Waals surface area (Å²) in [5.41, 5.74) is 3.45. The molecule has 0 fully saturated rings. The standard InChI is InChI=1S/C19H22ClN5OSi/c1-27(2,3)11-10-26-13-25-19-15(4-5-16(20)22-19)18(23-25)14-6-8-24-9-7-21-17(24)12-14/h4-9,12H,10-11,13H2,1-3H3. The van der Waals surface area contributed by atoms with E-state index in [1.807, 2.05) is 35.0 Å². The van der Waals surface area contributed by atoms with Gasteiger partial charge in [0.2, 0.25) is 0 Å². The predicted molar refractivity (Wildman–Crippen MR) is 111 cm³/mol. The first-order chi connectivity index (χ1) is 12.9. The third-order valence-electron chi connectivity index (χ3n) is 4.44. The molecule has 4 aromatic heterocycles. The third kappa shape index (κ3) is 3.90. The van der Waals surface area contributed by atoms with Crippen LogP contribution in [0.3, 0.4) is 0 Å². The first kappa shape index (κ1) is 18.2. The zero-order valence-corrected chi connectivity index (χ0v) is 17.4. The van der Waals surface area contributed by atoms with Crippen LogP contribution in [0.15, 0.2) is 42.9 Å². The van der Waals surface area contributed by atoms with Gasteiger partial charge in [0.15, 0.2) is 5.65 Å². The lowest BCUT2D eigenvalue weighted by atomic mass is 10.1. The molecule has 8 heteroatoms. The average Bonchev–Trinajstić information content (AvgIpc) is 3.21. The normalized spacial score (nSPS) is 12.3. The lowest BCUT2D eigenvalue weighted by molar-refractivity contribution is 0.0814. The number of ether oxygens (including phenoxy) is 1.